The molecule has 0 bridgehead atoms. The zero-order valence-corrected chi connectivity index (χ0v) is 23.5. The third-order valence-electron chi connectivity index (χ3n) is 7.87. The molecule has 0 aliphatic carbocycles. The lowest BCUT2D eigenvalue weighted by atomic mass is 9.88. The third-order valence-corrected chi connectivity index (χ3v) is 7.87. The molecule has 2 aromatic rings. The molecule has 0 aromatic heterocycles. The Kier molecular flexibility index (Phi) is 10.1. The van der Waals surface area contributed by atoms with E-state index >= 15 is 0 Å². The summed E-state index contributed by atoms with van der Waals surface area (Å²) in [6.45, 7) is 5.22. The molecule has 4 rings (SSSR count). The van der Waals surface area contributed by atoms with Crippen molar-refractivity contribution in [1.82, 2.24) is 14.7 Å². The SMILES string of the molecule is COC(=O)C1(N)CCN(Cc2ccc(C(=O)N(C)CCN3CCC(OC(=O)Nc4ccccc4)CC3)cc2)CC1. The normalized spacial score (nSPS) is 18.1. The Balaban J connectivity index is 1.15. The maximum Gasteiger partial charge on any atom is 0.411 e. The Hall–Kier alpha value is -3.47. The van der Waals surface area contributed by atoms with E-state index in [2.05, 4.69) is 15.1 Å². The van der Waals surface area contributed by atoms with E-state index in [1.807, 2.05) is 61.6 Å². The summed E-state index contributed by atoms with van der Waals surface area (Å²) in [7, 11) is 3.20. The fourth-order valence-electron chi connectivity index (χ4n) is 5.21. The lowest BCUT2D eigenvalue weighted by Gasteiger charge is -2.37. The Morgan fingerprint density at radius 3 is 2.25 bits per heavy atom. The van der Waals surface area contributed by atoms with Crippen molar-refractivity contribution < 1.29 is 23.9 Å². The number of hydrogen-bond acceptors (Lipinski definition) is 8. The molecule has 2 heterocycles. The van der Waals surface area contributed by atoms with Crippen LogP contribution in [-0.2, 0) is 20.8 Å². The average Bonchev–Trinajstić information content (AvgIpc) is 2.98. The molecule has 0 spiro atoms. The average molecular weight is 552 g/mol. The van der Waals surface area contributed by atoms with Gasteiger partial charge in [0.1, 0.15) is 11.6 Å². The quantitative estimate of drug-likeness (QED) is 0.457. The molecule has 2 aliphatic heterocycles. The number of para-hydroxylation sites is 1. The van der Waals surface area contributed by atoms with Gasteiger partial charge in [0.2, 0.25) is 0 Å². The van der Waals surface area contributed by atoms with Crippen LogP contribution < -0.4 is 11.1 Å². The number of likely N-dealkylation sites (N-methyl/N-ethyl adjacent to an activating group) is 1. The van der Waals surface area contributed by atoms with Gasteiger partial charge in [-0.2, -0.15) is 0 Å². The fourth-order valence-corrected chi connectivity index (χ4v) is 5.21. The lowest BCUT2D eigenvalue weighted by Crippen LogP contribution is -2.55. The first-order chi connectivity index (χ1) is 19.3. The first-order valence-electron chi connectivity index (χ1n) is 13.9. The van der Waals surface area contributed by atoms with Gasteiger partial charge in [0.05, 0.1) is 7.11 Å². The van der Waals surface area contributed by atoms with Gasteiger partial charge in [-0.1, -0.05) is 30.3 Å². The van der Waals surface area contributed by atoms with Crippen molar-refractivity contribution in [2.24, 2.45) is 5.73 Å². The Morgan fingerprint density at radius 2 is 1.62 bits per heavy atom. The van der Waals surface area contributed by atoms with Crippen LogP contribution in [0.5, 0.6) is 0 Å². The third kappa shape index (κ3) is 8.03. The Bertz CT molecular complexity index is 1130. The van der Waals surface area contributed by atoms with Gasteiger partial charge in [-0.05, 0) is 55.5 Å². The van der Waals surface area contributed by atoms with Crippen LogP contribution in [0.3, 0.4) is 0 Å². The van der Waals surface area contributed by atoms with Crippen LogP contribution in [0.15, 0.2) is 54.6 Å². The predicted octanol–water partition coefficient (Wildman–Crippen LogP) is 2.94. The minimum absolute atomic E-state index is 0.00804. The first kappa shape index (κ1) is 29.5. The number of piperidine rings is 2. The van der Waals surface area contributed by atoms with E-state index < -0.39 is 11.6 Å². The summed E-state index contributed by atoms with van der Waals surface area (Å²) in [5, 5.41) is 2.76. The van der Waals surface area contributed by atoms with Gasteiger partial charge in [-0.3, -0.25) is 19.8 Å². The summed E-state index contributed by atoms with van der Waals surface area (Å²) in [5.74, 6) is -0.354. The molecule has 10 nitrogen and oxygen atoms in total. The second kappa shape index (κ2) is 13.7. The van der Waals surface area contributed by atoms with Gasteiger partial charge >= 0.3 is 12.1 Å². The van der Waals surface area contributed by atoms with Crippen molar-refractivity contribution in [2.45, 2.75) is 43.9 Å². The highest BCUT2D eigenvalue weighted by Gasteiger charge is 2.38. The number of esters is 1. The number of amides is 2. The maximum absolute atomic E-state index is 13.0. The Morgan fingerprint density at radius 1 is 0.975 bits per heavy atom. The minimum Gasteiger partial charge on any atom is -0.468 e. The summed E-state index contributed by atoms with van der Waals surface area (Å²) in [5.41, 5.74) is 7.80. The summed E-state index contributed by atoms with van der Waals surface area (Å²) >= 11 is 0. The standard InChI is InChI=1S/C30H41N5O5/c1-33(20-21-34-16-12-26(13-17-34)40-29(38)32-25-6-4-3-5-7-25)27(36)24-10-8-23(9-11-24)22-35-18-14-30(31,15-19-35)28(37)39-2/h3-11,26H,12-22,31H2,1-2H3,(H,32,38). The number of nitrogens with zero attached hydrogens (tertiary/aromatic N) is 3. The molecule has 2 fully saturated rings. The zero-order valence-electron chi connectivity index (χ0n) is 23.5. The molecule has 3 N–H and O–H groups in total. The highest BCUT2D eigenvalue weighted by atomic mass is 16.6. The maximum atomic E-state index is 13.0. The van der Waals surface area contributed by atoms with E-state index in [1.165, 1.54) is 7.11 Å². The van der Waals surface area contributed by atoms with Crippen LogP contribution in [0.25, 0.3) is 0 Å². The molecular formula is C30H41N5O5. The van der Waals surface area contributed by atoms with Gasteiger partial charge in [0, 0.05) is 64.1 Å². The van der Waals surface area contributed by atoms with E-state index in [0.717, 1.165) is 63.4 Å². The van der Waals surface area contributed by atoms with E-state index in [1.54, 1.807) is 4.90 Å². The number of likely N-dealkylation sites (tertiary alicyclic amines) is 2. The van der Waals surface area contributed by atoms with Crippen LogP contribution >= 0.6 is 0 Å². The van der Waals surface area contributed by atoms with E-state index in [9.17, 15) is 14.4 Å². The summed E-state index contributed by atoms with van der Waals surface area (Å²) < 4.78 is 10.4. The minimum atomic E-state index is -0.894. The van der Waals surface area contributed by atoms with E-state index in [-0.39, 0.29) is 18.0 Å². The molecule has 0 unspecified atom stereocenters. The number of benzene rings is 2. The number of nitrogens with one attached hydrogen (secondary N) is 1. The van der Waals surface area contributed by atoms with Gasteiger partial charge < -0.3 is 25.0 Å². The molecule has 2 saturated heterocycles. The molecule has 2 amide bonds. The number of carbonyl (C=O) groups is 3. The van der Waals surface area contributed by atoms with Crippen molar-refractivity contribution in [3.05, 3.63) is 65.7 Å². The van der Waals surface area contributed by atoms with Crippen molar-refractivity contribution in [3.63, 3.8) is 0 Å². The molecule has 216 valence electrons. The zero-order chi connectivity index (χ0) is 28.5. The molecule has 0 saturated carbocycles. The van der Waals surface area contributed by atoms with Crippen LogP contribution in [0.2, 0.25) is 0 Å². The molecule has 2 aromatic carbocycles. The number of anilines is 1. The topological polar surface area (TPSA) is 117 Å². The second-order valence-electron chi connectivity index (χ2n) is 10.8. The second-order valence-corrected chi connectivity index (χ2v) is 10.8. The summed E-state index contributed by atoms with van der Waals surface area (Å²) in [4.78, 5) is 43.4. The molecule has 40 heavy (non-hydrogen) atoms. The van der Waals surface area contributed by atoms with Crippen molar-refractivity contribution >= 4 is 23.7 Å². The fraction of sp³-hybridized carbons (Fsp3) is 0.500. The first-order valence-corrected chi connectivity index (χ1v) is 13.9. The largest absolute Gasteiger partial charge is 0.468 e. The van der Waals surface area contributed by atoms with E-state index in [0.29, 0.717) is 24.9 Å². The number of methoxy groups -OCH3 is 1. The van der Waals surface area contributed by atoms with Crippen molar-refractivity contribution in [2.75, 3.05) is 58.7 Å². The van der Waals surface area contributed by atoms with Crippen LogP contribution in [0.4, 0.5) is 10.5 Å². The van der Waals surface area contributed by atoms with Gasteiger partial charge in [-0.15, -0.1) is 0 Å². The highest BCUT2D eigenvalue weighted by Crippen LogP contribution is 2.23. The summed E-state index contributed by atoms with van der Waals surface area (Å²) in [6.07, 6.45) is 2.15. The molecule has 0 radical (unpaired) electrons. The van der Waals surface area contributed by atoms with E-state index in [4.69, 9.17) is 15.2 Å². The number of carbonyl (C=O) groups excluding carboxylic acids is 3. The monoisotopic (exact) mass is 551 g/mol. The van der Waals surface area contributed by atoms with Gasteiger partial charge in [0.25, 0.3) is 5.91 Å². The molecule has 10 heteroatoms. The van der Waals surface area contributed by atoms with Crippen molar-refractivity contribution in [3.8, 4) is 0 Å². The molecule has 0 atom stereocenters. The van der Waals surface area contributed by atoms with Gasteiger partial charge in [-0.25, -0.2) is 4.79 Å². The highest BCUT2D eigenvalue weighted by molar-refractivity contribution is 5.94. The van der Waals surface area contributed by atoms with Crippen LogP contribution in [-0.4, -0.2) is 97.7 Å². The number of hydrogen-bond donors (Lipinski definition) is 2. The Labute approximate surface area is 236 Å². The lowest BCUT2D eigenvalue weighted by molar-refractivity contribution is -0.149. The van der Waals surface area contributed by atoms with Crippen LogP contribution in [0, 0.1) is 0 Å². The number of ether oxygens (including phenoxy) is 2. The van der Waals surface area contributed by atoms with Crippen LogP contribution in [0.1, 0.15) is 41.6 Å². The smallest absolute Gasteiger partial charge is 0.411 e. The number of rotatable bonds is 9. The molecular weight excluding hydrogens is 510 g/mol. The van der Waals surface area contributed by atoms with Gasteiger partial charge in [0.15, 0.2) is 0 Å². The van der Waals surface area contributed by atoms with Crippen molar-refractivity contribution in [1.29, 1.82) is 0 Å². The summed E-state index contributed by atoms with van der Waals surface area (Å²) in [6, 6.07) is 17.0. The predicted molar refractivity (Wildman–Crippen MR) is 153 cm³/mol. The molecule has 2 aliphatic rings. The number of nitrogens with two attached hydrogens (primary N) is 1.